The summed E-state index contributed by atoms with van der Waals surface area (Å²) < 4.78 is 88.7. The Kier molecular flexibility index (Phi) is 7.48. The van der Waals surface area contributed by atoms with Crippen molar-refractivity contribution in [3.05, 3.63) is 64.7 Å². The van der Waals surface area contributed by atoms with E-state index >= 15 is 4.39 Å². The highest BCUT2D eigenvalue weighted by atomic mass is 19.3. The highest BCUT2D eigenvalue weighted by Crippen LogP contribution is 2.44. The highest BCUT2D eigenvalue weighted by Gasteiger charge is 2.44. The lowest BCUT2D eigenvalue weighted by molar-refractivity contribution is -0.222. The zero-order chi connectivity index (χ0) is 24.5. The average molecular weight is 485 g/mol. The van der Waals surface area contributed by atoms with Gasteiger partial charge in [-0.1, -0.05) is 38.3 Å². The van der Waals surface area contributed by atoms with Crippen LogP contribution in [0.25, 0.3) is 0 Å². The summed E-state index contributed by atoms with van der Waals surface area (Å²) >= 11 is 0. The van der Waals surface area contributed by atoms with Gasteiger partial charge in [-0.3, -0.25) is 0 Å². The van der Waals surface area contributed by atoms with Crippen molar-refractivity contribution in [2.75, 3.05) is 0 Å². The minimum atomic E-state index is -3.68. The van der Waals surface area contributed by atoms with Crippen molar-refractivity contribution in [2.24, 2.45) is 11.8 Å². The van der Waals surface area contributed by atoms with Crippen molar-refractivity contribution in [1.29, 1.82) is 0 Å². The van der Waals surface area contributed by atoms with Crippen LogP contribution in [0.1, 0.15) is 87.7 Å². The molecule has 0 spiro atoms. The Morgan fingerprint density at radius 1 is 0.735 bits per heavy atom. The molecule has 2 atom stereocenters. The molecule has 0 aliphatic heterocycles. The van der Waals surface area contributed by atoms with E-state index in [2.05, 4.69) is 11.7 Å². The monoisotopic (exact) mass is 484 g/mol. The van der Waals surface area contributed by atoms with Gasteiger partial charge in [0.15, 0.2) is 17.5 Å². The molecule has 0 aromatic heterocycles. The Hall–Kier alpha value is -2.18. The maximum atomic E-state index is 15.0. The van der Waals surface area contributed by atoms with Crippen LogP contribution in [-0.2, 0) is 0 Å². The summed E-state index contributed by atoms with van der Waals surface area (Å²) in [6.07, 6.45) is 2.79. The van der Waals surface area contributed by atoms with Gasteiger partial charge < -0.3 is 4.74 Å². The van der Waals surface area contributed by atoms with E-state index in [0.717, 1.165) is 31.2 Å². The Morgan fingerprint density at radius 2 is 1.38 bits per heavy atom. The third-order valence-corrected chi connectivity index (χ3v) is 7.61. The number of benzene rings is 2. The van der Waals surface area contributed by atoms with E-state index in [1.54, 1.807) is 6.07 Å². The van der Waals surface area contributed by atoms with Crippen molar-refractivity contribution in [3.63, 3.8) is 0 Å². The van der Waals surface area contributed by atoms with E-state index < -0.39 is 35.2 Å². The van der Waals surface area contributed by atoms with Gasteiger partial charge in [0.2, 0.25) is 0 Å². The molecule has 0 radical (unpaired) electrons. The van der Waals surface area contributed by atoms with Crippen molar-refractivity contribution >= 4 is 0 Å². The molecule has 0 saturated heterocycles. The van der Waals surface area contributed by atoms with Crippen LogP contribution in [0.15, 0.2) is 30.3 Å². The molecule has 0 heterocycles. The topological polar surface area (TPSA) is 9.23 Å². The van der Waals surface area contributed by atoms with Crippen LogP contribution in [0.3, 0.4) is 0 Å². The van der Waals surface area contributed by atoms with Crippen molar-refractivity contribution in [1.82, 2.24) is 0 Å². The maximum absolute atomic E-state index is 15.0. The fourth-order valence-electron chi connectivity index (χ4n) is 5.52. The van der Waals surface area contributed by atoms with E-state index in [9.17, 15) is 22.0 Å². The standard InChI is InChI=1S/C27H30F6O/c1-16-3-2-4-17(6-5-16)19-9-12-22(23(28)13-19)18-7-10-20(11-8-18)27(32,33)34-21-14-24(29)26(31)25(30)15-21/h9,12-18,20H,2-8,10-11H2,1H3. The van der Waals surface area contributed by atoms with Crippen molar-refractivity contribution in [3.8, 4) is 5.75 Å². The van der Waals surface area contributed by atoms with E-state index in [0.29, 0.717) is 42.4 Å². The summed E-state index contributed by atoms with van der Waals surface area (Å²) in [5, 5.41) is 0. The normalized spacial score (nSPS) is 26.2. The van der Waals surface area contributed by atoms with Gasteiger partial charge in [-0.25, -0.2) is 17.6 Å². The van der Waals surface area contributed by atoms with Gasteiger partial charge in [0.25, 0.3) is 0 Å². The summed E-state index contributed by atoms with van der Waals surface area (Å²) in [6.45, 7) is 2.26. The lowest BCUT2D eigenvalue weighted by Gasteiger charge is -2.33. The lowest BCUT2D eigenvalue weighted by Crippen LogP contribution is -2.37. The Balaban J connectivity index is 1.38. The molecule has 2 fully saturated rings. The molecular formula is C27H30F6O. The predicted octanol–water partition coefficient (Wildman–Crippen LogP) is 8.87. The summed E-state index contributed by atoms with van der Waals surface area (Å²) in [5.41, 5.74) is 1.57. The van der Waals surface area contributed by atoms with Crippen LogP contribution in [0.4, 0.5) is 26.3 Å². The molecule has 186 valence electrons. The molecule has 1 nitrogen and oxygen atoms in total. The van der Waals surface area contributed by atoms with Crippen LogP contribution >= 0.6 is 0 Å². The van der Waals surface area contributed by atoms with Gasteiger partial charge >= 0.3 is 6.11 Å². The first kappa shape index (κ1) is 24.9. The van der Waals surface area contributed by atoms with Crippen LogP contribution in [0.5, 0.6) is 5.75 Å². The molecule has 2 saturated carbocycles. The SMILES string of the molecule is CC1CCCC(c2ccc(C3CCC(C(F)(F)Oc4cc(F)c(F)c(F)c4)CC3)c(F)c2)CC1. The van der Waals surface area contributed by atoms with Crippen LogP contribution in [-0.4, -0.2) is 6.11 Å². The third-order valence-electron chi connectivity index (χ3n) is 7.61. The molecule has 2 aliphatic carbocycles. The second kappa shape index (κ2) is 10.2. The zero-order valence-electron chi connectivity index (χ0n) is 19.2. The van der Waals surface area contributed by atoms with Gasteiger partial charge in [-0.2, -0.15) is 8.78 Å². The highest BCUT2D eigenvalue weighted by molar-refractivity contribution is 5.30. The molecule has 4 rings (SSSR count). The minimum Gasteiger partial charge on any atom is -0.432 e. The molecule has 7 heteroatoms. The lowest BCUT2D eigenvalue weighted by atomic mass is 9.77. The van der Waals surface area contributed by atoms with Crippen molar-refractivity contribution < 1.29 is 31.1 Å². The molecule has 0 N–H and O–H groups in total. The van der Waals surface area contributed by atoms with Gasteiger partial charge in [-0.15, -0.1) is 0 Å². The van der Waals surface area contributed by atoms with E-state index in [4.69, 9.17) is 0 Å². The largest absolute Gasteiger partial charge is 0.432 e. The maximum Gasteiger partial charge on any atom is 0.400 e. The smallest absolute Gasteiger partial charge is 0.400 e. The number of rotatable bonds is 5. The van der Waals surface area contributed by atoms with Gasteiger partial charge in [0.1, 0.15) is 11.6 Å². The quantitative estimate of drug-likeness (QED) is 0.234. The van der Waals surface area contributed by atoms with Crippen LogP contribution in [0.2, 0.25) is 0 Å². The number of hydrogen-bond acceptors (Lipinski definition) is 1. The average Bonchev–Trinajstić information content (AvgIpc) is 3.01. The molecular weight excluding hydrogens is 454 g/mol. The first-order chi connectivity index (χ1) is 16.1. The van der Waals surface area contributed by atoms with Crippen molar-refractivity contribution in [2.45, 2.75) is 82.7 Å². The summed E-state index contributed by atoms with van der Waals surface area (Å²) in [7, 11) is 0. The Bertz CT molecular complexity index is 976. The first-order valence-electron chi connectivity index (χ1n) is 12.1. The Labute approximate surface area is 196 Å². The zero-order valence-corrected chi connectivity index (χ0v) is 19.2. The van der Waals surface area contributed by atoms with Crippen LogP contribution < -0.4 is 4.74 Å². The predicted molar refractivity (Wildman–Crippen MR) is 118 cm³/mol. The number of hydrogen-bond donors (Lipinski definition) is 0. The van der Waals surface area contributed by atoms with E-state index in [-0.39, 0.29) is 24.6 Å². The third kappa shape index (κ3) is 5.55. The van der Waals surface area contributed by atoms with Crippen LogP contribution in [0, 0.1) is 35.1 Å². The molecule has 2 aromatic carbocycles. The molecule has 34 heavy (non-hydrogen) atoms. The molecule has 0 bridgehead atoms. The second-order valence-electron chi connectivity index (χ2n) is 10.0. The molecule has 2 aromatic rings. The summed E-state index contributed by atoms with van der Waals surface area (Å²) in [4.78, 5) is 0. The fourth-order valence-corrected chi connectivity index (χ4v) is 5.52. The first-order valence-corrected chi connectivity index (χ1v) is 12.1. The minimum absolute atomic E-state index is 0.0749. The van der Waals surface area contributed by atoms with E-state index in [1.165, 1.54) is 6.42 Å². The summed E-state index contributed by atoms with van der Waals surface area (Å²) in [5.74, 6) is -6.26. The second-order valence-corrected chi connectivity index (χ2v) is 10.0. The number of halogens is 6. The molecule has 0 amide bonds. The fraction of sp³-hybridized carbons (Fsp3) is 0.556. The number of alkyl halides is 2. The van der Waals surface area contributed by atoms with E-state index in [1.807, 2.05) is 12.1 Å². The Morgan fingerprint density at radius 3 is 2.03 bits per heavy atom. The number of ether oxygens (including phenoxy) is 1. The summed E-state index contributed by atoms with van der Waals surface area (Å²) in [6, 6.07) is 6.23. The van der Waals surface area contributed by atoms with Gasteiger partial charge in [0.05, 0.1) is 5.92 Å². The molecule has 2 unspecified atom stereocenters. The van der Waals surface area contributed by atoms with Gasteiger partial charge in [-0.05, 0) is 73.5 Å². The molecule has 2 aliphatic rings. The van der Waals surface area contributed by atoms with Gasteiger partial charge in [0, 0.05) is 12.1 Å².